The molecule has 0 atom stereocenters. The molecule has 1 aromatic carbocycles. The summed E-state index contributed by atoms with van der Waals surface area (Å²) in [4.78, 5) is 2.41. The second-order valence-corrected chi connectivity index (χ2v) is 6.34. The molecule has 0 amide bonds. The SMILES string of the molecule is CSC1(C#N)CCN(Cc2ccc(Cl)cc2)CC1. The first-order chi connectivity index (χ1) is 8.67. The van der Waals surface area contributed by atoms with E-state index in [9.17, 15) is 5.26 Å². The molecular weight excluding hydrogens is 264 g/mol. The first-order valence-corrected chi connectivity index (χ1v) is 7.71. The molecule has 1 aliphatic heterocycles. The van der Waals surface area contributed by atoms with Gasteiger partial charge in [0.15, 0.2) is 0 Å². The minimum atomic E-state index is -0.156. The standard InChI is InChI=1S/C14H17ClN2S/c1-18-14(11-16)6-8-17(9-7-14)10-12-2-4-13(15)5-3-12/h2-5H,6-10H2,1H3. The molecule has 0 spiro atoms. The van der Waals surface area contributed by atoms with Crippen LogP contribution in [0.5, 0.6) is 0 Å². The molecule has 0 radical (unpaired) electrons. The van der Waals surface area contributed by atoms with Crippen LogP contribution in [0.25, 0.3) is 0 Å². The van der Waals surface area contributed by atoms with Gasteiger partial charge in [-0.05, 0) is 36.8 Å². The van der Waals surface area contributed by atoms with Crippen molar-refractivity contribution in [1.29, 1.82) is 5.26 Å². The van der Waals surface area contributed by atoms with Crippen molar-refractivity contribution < 1.29 is 0 Å². The first-order valence-electron chi connectivity index (χ1n) is 6.11. The Labute approximate surface area is 118 Å². The van der Waals surface area contributed by atoms with Gasteiger partial charge in [0, 0.05) is 24.7 Å². The van der Waals surface area contributed by atoms with Gasteiger partial charge in [-0.15, -0.1) is 11.8 Å². The van der Waals surface area contributed by atoms with Gasteiger partial charge in [0.2, 0.25) is 0 Å². The highest BCUT2D eigenvalue weighted by molar-refractivity contribution is 8.00. The van der Waals surface area contributed by atoms with Gasteiger partial charge in [-0.1, -0.05) is 23.7 Å². The second-order valence-electron chi connectivity index (χ2n) is 4.71. The van der Waals surface area contributed by atoms with Crippen molar-refractivity contribution in [2.75, 3.05) is 19.3 Å². The fraction of sp³-hybridized carbons (Fsp3) is 0.500. The number of rotatable bonds is 3. The van der Waals surface area contributed by atoms with Crippen LogP contribution in [0.3, 0.4) is 0 Å². The number of nitrogens with zero attached hydrogens (tertiary/aromatic N) is 2. The predicted octanol–water partition coefficient (Wildman–Crippen LogP) is 3.56. The molecule has 1 fully saturated rings. The number of piperidine rings is 1. The van der Waals surface area contributed by atoms with E-state index >= 15 is 0 Å². The summed E-state index contributed by atoms with van der Waals surface area (Å²) in [5.41, 5.74) is 1.29. The maximum atomic E-state index is 9.24. The van der Waals surface area contributed by atoms with E-state index < -0.39 is 0 Å². The molecule has 96 valence electrons. The lowest BCUT2D eigenvalue weighted by Gasteiger charge is -2.36. The van der Waals surface area contributed by atoms with Crippen LogP contribution in [0, 0.1) is 11.3 Å². The van der Waals surface area contributed by atoms with Crippen LogP contribution in [0.4, 0.5) is 0 Å². The molecule has 0 N–H and O–H groups in total. The fourth-order valence-electron chi connectivity index (χ4n) is 2.28. The molecule has 0 unspecified atom stereocenters. The van der Waals surface area contributed by atoms with Crippen LogP contribution in [-0.4, -0.2) is 29.0 Å². The Morgan fingerprint density at radius 2 is 1.94 bits per heavy atom. The topological polar surface area (TPSA) is 27.0 Å². The summed E-state index contributed by atoms with van der Waals surface area (Å²) in [5, 5.41) is 10.0. The van der Waals surface area contributed by atoms with E-state index in [0.29, 0.717) is 0 Å². The molecule has 1 aliphatic rings. The van der Waals surface area contributed by atoms with E-state index in [0.717, 1.165) is 37.5 Å². The summed E-state index contributed by atoms with van der Waals surface area (Å²) in [7, 11) is 0. The zero-order valence-electron chi connectivity index (χ0n) is 10.5. The second kappa shape index (κ2) is 5.97. The zero-order valence-corrected chi connectivity index (χ0v) is 12.1. The molecule has 0 bridgehead atoms. The van der Waals surface area contributed by atoms with Gasteiger partial charge in [-0.25, -0.2) is 0 Å². The number of hydrogen-bond acceptors (Lipinski definition) is 3. The summed E-state index contributed by atoms with van der Waals surface area (Å²) in [6.07, 6.45) is 3.95. The molecule has 0 aromatic heterocycles. The highest BCUT2D eigenvalue weighted by Gasteiger charge is 2.33. The highest BCUT2D eigenvalue weighted by Crippen LogP contribution is 2.34. The Bertz CT molecular complexity index is 430. The van der Waals surface area contributed by atoms with Crippen LogP contribution < -0.4 is 0 Å². The monoisotopic (exact) mass is 280 g/mol. The highest BCUT2D eigenvalue weighted by atomic mass is 35.5. The minimum Gasteiger partial charge on any atom is -0.299 e. The Morgan fingerprint density at radius 3 is 2.44 bits per heavy atom. The third-order valence-corrected chi connectivity index (χ3v) is 5.11. The summed E-state index contributed by atoms with van der Waals surface area (Å²) in [6.45, 7) is 2.95. The lowest BCUT2D eigenvalue weighted by molar-refractivity contribution is 0.209. The number of benzene rings is 1. The normalized spacial score (nSPS) is 19.4. The number of halogens is 1. The van der Waals surface area contributed by atoms with E-state index in [1.165, 1.54) is 5.56 Å². The van der Waals surface area contributed by atoms with Gasteiger partial charge in [-0.3, -0.25) is 4.90 Å². The van der Waals surface area contributed by atoms with Crippen molar-refractivity contribution in [3.63, 3.8) is 0 Å². The van der Waals surface area contributed by atoms with Crippen LogP contribution in [0.1, 0.15) is 18.4 Å². The largest absolute Gasteiger partial charge is 0.299 e. The molecule has 2 rings (SSSR count). The molecular formula is C14H17ClN2S. The summed E-state index contributed by atoms with van der Waals surface area (Å²) in [6, 6.07) is 10.5. The number of thioether (sulfide) groups is 1. The average molecular weight is 281 g/mol. The third kappa shape index (κ3) is 3.20. The Kier molecular flexibility index (Phi) is 4.55. The maximum absolute atomic E-state index is 9.24. The Hall–Kier alpha value is -0.690. The molecule has 0 saturated carbocycles. The minimum absolute atomic E-state index is 0.156. The van der Waals surface area contributed by atoms with Crippen molar-refractivity contribution in [3.8, 4) is 6.07 Å². The van der Waals surface area contributed by atoms with Crippen molar-refractivity contribution in [2.45, 2.75) is 24.1 Å². The van der Waals surface area contributed by atoms with Crippen molar-refractivity contribution in [1.82, 2.24) is 4.90 Å². The van der Waals surface area contributed by atoms with Gasteiger partial charge in [-0.2, -0.15) is 5.26 Å². The van der Waals surface area contributed by atoms with Crippen molar-refractivity contribution >= 4 is 23.4 Å². The molecule has 1 heterocycles. The third-order valence-electron chi connectivity index (χ3n) is 3.58. The van der Waals surface area contributed by atoms with Crippen LogP contribution in [0.2, 0.25) is 5.02 Å². The van der Waals surface area contributed by atoms with Crippen molar-refractivity contribution in [2.24, 2.45) is 0 Å². The van der Waals surface area contributed by atoms with E-state index in [-0.39, 0.29) is 4.75 Å². The molecule has 1 saturated heterocycles. The van der Waals surface area contributed by atoms with Gasteiger partial charge in [0.1, 0.15) is 4.75 Å². The zero-order chi connectivity index (χ0) is 13.0. The molecule has 18 heavy (non-hydrogen) atoms. The summed E-state index contributed by atoms with van der Waals surface area (Å²) < 4.78 is -0.156. The Morgan fingerprint density at radius 1 is 1.33 bits per heavy atom. The summed E-state index contributed by atoms with van der Waals surface area (Å²) >= 11 is 7.58. The van der Waals surface area contributed by atoms with E-state index in [2.05, 4.69) is 23.1 Å². The van der Waals surface area contributed by atoms with E-state index in [1.54, 1.807) is 11.8 Å². The van der Waals surface area contributed by atoms with E-state index in [4.69, 9.17) is 11.6 Å². The van der Waals surface area contributed by atoms with Gasteiger partial charge in [0.25, 0.3) is 0 Å². The van der Waals surface area contributed by atoms with Gasteiger partial charge >= 0.3 is 0 Å². The number of nitriles is 1. The van der Waals surface area contributed by atoms with Crippen LogP contribution in [0.15, 0.2) is 24.3 Å². The van der Waals surface area contributed by atoms with Gasteiger partial charge in [0.05, 0.1) is 6.07 Å². The molecule has 2 nitrogen and oxygen atoms in total. The molecule has 1 aromatic rings. The molecule has 0 aliphatic carbocycles. The first kappa shape index (κ1) is 13.7. The van der Waals surface area contributed by atoms with Gasteiger partial charge < -0.3 is 0 Å². The summed E-state index contributed by atoms with van der Waals surface area (Å²) in [5.74, 6) is 0. The fourth-order valence-corrected chi connectivity index (χ4v) is 3.09. The quantitative estimate of drug-likeness (QED) is 0.847. The number of hydrogen-bond donors (Lipinski definition) is 0. The van der Waals surface area contributed by atoms with Crippen LogP contribution in [-0.2, 0) is 6.54 Å². The molecule has 4 heteroatoms. The van der Waals surface area contributed by atoms with Crippen molar-refractivity contribution in [3.05, 3.63) is 34.9 Å². The maximum Gasteiger partial charge on any atom is 0.104 e. The average Bonchev–Trinajstić information content (AvgIpc) is 2.43. The number of likely N-dealkylation sites (tertiary alicyclic amines) is 1. The lowest BCUT2D eigenvalue weighted by Crippen LogP contribution is -2.41. The smallest absolute Gasteiger partial charge is 0.104 e. The predicted molar refractivity (Wildman–Crippen MR) is 77.8 cm³/mol. The Balaban J connectivity index is 1.91. The van der Waals surface area contributed by atoms with E-state index in [1.807, 2.05) is 18.4 Å². The lowest BCUT2D eigenvalue weighted by atomic mass is 9.97. The van der Waals surface area contributed by atoms with Crippen LogP contribution >= 0.6 is 23.4 Å².